The highest BCUT2D eigenvalue weighted by atomic mass is 35.5. The van der Waals surface area contributed by atoms with Gasteiger partial charge in [-0.1, -0.05) is 23.7 Å². The molecule has 0 radical (unpaired) electrons. The largest absolute Gasteiger partial charge is 0.497 e. The Kier molecular flexibility index (Phi) is 6.05. The van der Waals surface area contributed by atoms with Crippen LogP contribution >= 0.6 is 11.6 Å². The standard InChI is InChI=1S/C19H18ClN3O3S/c1-26-18-8-4-15(5-9-18)19-10-17(21-13-22-19)11-23-27(24,25)12-14-2-6-16(20)7-3-14/h2-10,13,23H,11-12H2,1H3. The quantitative estimate of drug-likeness (QED) is 0.653. The minimum atomic E-state index is -3.50. The molecule has 1 aromatic heterocycles. The number of benzene rings is 2. The number of hydrogen-bond donors (Lipinski definition) is 1. The van der Waals surface area contributed by atoms with E-state index in [1.54, 1.807) is 37.4 Å². The summed E-state index contributed by atoms with van der Waals surface area (Å²) in [5.41, 5.74) is 2.84. The van der Waals surface area contributed by atoms with Gasteiger partial charge in [-0.2, -0.15) is 0 Å². The van der Waals surface area contributed by atoms with Gasteiger partial charge in [-0.15, -0.1) is 0 Å². The molecule has 6 nitrogen and oxygen atoms in total. The summed E-state index contributed by atoms with van der Waals surface area (Å²) in [6.45, 7) is 0.0849. The van der Waals surface area contributed by atoms with Gasteiger partial charge in [-0.3, -0.25) is 0 Å². The van der Waals surface area contributed by atoms with E-state index in [9.17, 15) is 8.42 Å². The summed E-state index contributed by atoms with van der Waals surface area (Å²) in [6, 6.07) is 15.9. The van der Waals surface area contributed by atoms with E-state index in [2.05, 4.69) is 14.7 Å². The zero-order chi connectivity index (χ0) is 19.3. The third-order valence-corrected chi connectivity index (χ3v) is 5.40. The molecule has 0 saturated carbocycles. The molecule has 0 saturated heterocycles. The van der Waals surface area contributed by atoms with Crippen molar-refractivity contribution in [3.05, 3.63) is 77.2 Å². The predicted molar refractivity (Wildman–Crippen MR) is 105 cm³/mol. The second-order valence-corrected chi connectivity index (χ2v) is 8.07. The minimum Gasteiger partial charge on any atom is -0.497 e. The summed E-state index contributed by atoms with van der Waals surface area (Å²) >= 11 is 5.82. The predicted octanol–water partition coefficient (Wildman–Crippen LogP) is 3.43. The summed E-state index contributed by atoms with van der Waals surface area (Å²) in [5.74, 6) is 0.628. The average molecular weight is 404 g/mol. The zero-order valence-corrected chi connectivity index (χ0v) is 16.2. The SMILES string of the molecule is COc1ccc(-c2cc(CNS(=O)(=O)Cc3ccc(Cl)cc3)ncn2)cc1. The fourth-order valence-corrected chi connectivity index (χ4v) is 3.68. The fourth-order valence-electron chi connectivity index (χ4n) is 2.45. The van der Waals surface area contributed by atoms with Gasteiger partial charge in [0.1, 0.15) is 12.1 Å². The summed E-state index contributed by atoms with van der Waals surface area (Å²) in [4.78, 5) is 8.38. The lowest BCUT2D eigenvalue weighted by molar-refractivity contribution is 0.415. The molecule has 0 aliphatic heterocycles. The summed E-state index contributed by atoms with van der Waals surface area (Å²) < 4.78 is 32.3. The lowest BCUT2D eigenvalue weighted by Crippen LogP contribution is -2.25. The first kappa shape index (κ1) is 19.3. The maximum atomic E-state index is 12.3. The molecule has 3 aromatic rings. The number of rotatable bonds is 7. The minimum absolute atomic E-state index is 0.0849. The Labute approximate surface area is 163 Å². The monoisotopic (exact) mass is 403 g/mol. The number of methoxy groups -OCH3 is 1. The Hall–Kier alpha value is -2.48. The van der Waals surface area contributed by atoms with Gasteiger partial charge in [0, 0.05) is 10.6 Å². The smallest absolute Gasteiger partial charge is 0.216 e. The van der Waals surface area contributed by atoms with Crippen LogP contribution in [0.4, 0.5) is 0 Å². The van der Waals surface area contributed by atoms with Crippen molar-refractivity contribution in [2.24, 2.45) is 0 Å². The molecule has 140 valence electrons. The van der Waals surface area contributed by atoms with Gasteiger partial charge in [-0.05, 0) is 48.0 Å². The molecule has 0 unspecified atom stereocenters. The van der Waals surface area contributed by atoms with Crippen molar-refractivity contribution in [1.29, 1.82) is 0 Å². The van der Waals surface area contributed by atoms with E-state index >= 15 is 0 Å². The van der Waals surface area contributed by atoms with E-state index in [0.29, 0.717) is 22.0 Å². The highest BCUT2D eigenvalue weighted by Crippen LogP contribution is 2.20. The van der Waals surface area contributed by atoms with Crippen molar-refractivity contribution in [3.63, 3.8) is 0 Å². The van der Waals surface area contributed by atoms with Crippen molar-refractivity contribution in [3.8, 4) is 17.0 Å². The summed E-state index contributed by atoms with van der Waals surface area (Å²) in [6.07, 6.45) is 1.42. The molecule has 0 aliphatic rings. The van der Waals surface area contributed by atoms with E-state index in [1.807, 2.05) is 24.3 Å². The van der Waals surface area contributed by atoms with Crippen molar-refractivity contribution in [2.45, 2.75) is 12.3 Å². The molecule has 3 rings (SSSR count). The first-order valence-corrected chi connectivity index (χ1v) is 10.2. The Morgan fingerprint density at radius 2 is 1.74 bits per heavy atom. The van der Waals surface area contributed by atoms with Crippen LogP contribution in [-0.4, -0.2) is 25.5 Å². The van der Waals surface area contributed by atoms with E-state index in [0.717, 1.165) is 11.3 Å². The maximum Gasteiger partial charge on any atom is 0.216 e. The second kappa shape index (κ2) is 8.47. The second-order valence-electron chi connectivity index (χ2n) is 5.83. The van der Waals surface area contributed by atoms with Crippen molar-refractivity contribution in [1.82, 2.24) is 14.7 Å². The lowest BCUT2D eigenvalue weighted by Gasteiger charge is -2.08. The zero-order valence-electron chi connectivity index (χ0n) is 14.6. The summed E-state index contributed by atoms with van der Waals surface area (Å²) in [7, 11) is -1.90. The Bertz CT molecular complexity index is 1010. The number of ether oxygens (including phenoxy) is 1. The molecule has 2 aromatic carbocycles. The molecule has 0 atom stereocenters. The molecule has 0 fully saturated rings. The number of sulfonamides is 1. The van der Waals surface area contributed by atoms with E-state index < -0.39 is 10.0 Å². The van der Waals surface area contributed by atoms with Crippen LogP contribution in [0.1, 0.15) is 11.3 Å². The number of hydrogen-bond acceptors (Lipinski definition) is 5. The normalized spacial score (nSPS) is 11.3. The first-order chi connectivity index (χ1) is 12.9. The number of nitrogens with zero attached hydrogens (tertiary/aromatic N) is 2. The third kappa shape index (κ3) is 5.50. The maximum absolute atomic E-state index is 12.3. The van der Waals surface area contributed by atoms with E-state index in [-0.39, 0.29) is 12.3 Å². The Morgan fingerprint density at radius 3 is 2.41 bits per heavy atom. The Balaban J connectivity index is 1.67. The van der Waals surface area contributed by atoms with Gasteiger partial charge in [-0.25, -0.2) is 23.1 Å². The van der Waals surface area contributed by atoms with Crippen LogP contribution in [0.2, 0.25) is 5.02 Å². The molecular formula is C19H18ClN3O3S. The van der Waals surface area contributed by atoms with Crippen molar-refractivity contribution < 1.29 is 13.2 Å². The molecule has 27 heavy (non-hydrogen) atoms. The average Bonchev–Trinajstić information content (AvgIpc) is 2.68. The van der Waals surface area contributed by atoms with Crippen LogP contribution < -0.4 is 9.46 Å². The number of aromatic nitrogens is 2. The molecular weight excluding hydrogens is 386 g/mol. The van der Waals surface area contributed by atoms with Gasteiger partial charge in [0.25, 0.3) is 0 Å². The number of halogens is 1. The first-order valence-electron chi connectivity index (χ1n) is 8.12. The van der Waals surface area contributed by atoms with Crippen LogP contribution in [0.25, 0.3) is 11.3 Å². The van der Waals surface area contributed by atoms with Crippen LogP contribution in [0.5, 0.6) is 5.75 Å². The molecule has 1 heterocycles. The van der Waals surface area contributed by atoms with Crippen LogP contribution in [0.3, 0.4) is 0 Å². The van der Waals surface area contributed by atoms with Gasteiger partial charge < -0.3 is 4.74 Å². The lowest BCUT2D eigenvalue weighted by atomic mass is 10.1. The molecule has 0 amide bonds. The Morgan fingerprint density at radius 1 is 1.04 bits per heavy atom. The molecule has 8 heteroatoms. The van der Waals surface area contributed by atoms with Gasteiger partial charge >= 0.3 is 0 Å². The van der Waals surface area contributed by atoms with Crippen LogP contribution in [0, 0.1) is 0 Å². The number of nitrogens with one attached hydrogen (secondary N) is 1. The van der Waals surface area contributed by atoms with Gasteiger partial charge in [0.15, 0.2) is 0 Å². The van der Waals surface area contributed by atoms with E-state index in [1.165, 1.54) is 6.33 Å². The molecule has 0 aliphatic carbocycles. The van der Waals surface area contributed by atoms with Crippen molar-refractivity contribution in [2.75, 3.05) is 7.11 Å². The summed E-state index contributed by atoms with van der Waals surface area (Å²) in [5, 5.41) is 0.566. The molecule has 0 bridgehead atoms. The third-order valence-electron chi connectivity index (χ3n) is 3.85. The van der Waals surface area contributed by atoms with Gasteiger partial charge in [0.2, 0.25) is 10.0 Å². The highest BCUT2D eigenvalue weighted by molar-refractivity contribution is 7.88. The van der Waals surface area contributed by atoms with Crippen LogP contribution in [0.15, 0.2) is 60.9 Å². The highest BCUT2D eigenvalue weighted by Gasteiger charge is 2.12. The molecule has 0 spiro atoms. The fraction of sp³-hybridized carbons (Fsp3) is 0.158. The van der Waals surface area contributed by atoms with Crippen molar-refractivity contribution >= 4 is 21.6 Å². The topological polar surface area (TPSA) is 81.2 Å². The molecule has 1 N–H and O–H groups in total. The van der Waals surface area contributed by atoms with Crippen LogP contribution in [-0.2, 0) is 22.3 Å². The van der Waals surface area contributed by atoms with E-state index in [4.69, 9.17) is 16.3 Å². The van der Waals surface area contributed by atoms with Gasteiger partial charge in [0.05, 0.1) is 30.8 Å².